The van der Waals surface area contributed by atoms with Gasteiger partial charge < -0.3 is 14.9 Å². The fourth-order valence-corrected chi connectivity index (χ4v) is 0.417. The van der Waals surface area contributed by atoms with Gasteiger partial charge in [-0.2, -0.15) is 5.48 Å². The van der Waals surface area contributed by atoms with Gasteiger partial charge in [-0.1, -0.05) is 0 Å². The Kier molecular flexibility index (Phi) is 7.76. The van der Waals surface area contributed by atoms with Gasteiger partial charge in [0.1, 0.15) is 0 Å². The number of aliphatic hydroxyl groups excluding tert-OH is 2. The molecule has 5 nitrogen and oxygen atoms in total. The standard InChI is InChI=1S/C6H15NO4/c1-10-2-3-11-7-4-6(9)5-8/h6-9H,2-5H2,1H3. The molecule has 5 heteroatoms. The van der Waals surface area contributed by atoms with Gasteiger partial charge in [-0.05, 0) is 0 Å². The lowest BCUT2D eigenvalue weighted by atomic mass is 10.4. The van der Waals surface area contributed by atoms with Crippen molar-refractivity contribution >= 4 is 0 Å². The van der Waals surface area contributed by atoms with Gasteiger partial charge in [-0.3, -0.25) is 4.84 Å². The van der Waals surface area contributed by atoms with E-state index in [1.54, 1.807) is 7.11 Å². The van der Waals surface area contributed by atoms with E-state index in [0.717, 1.165) is 0 Å². The molecule has 0 amide bonds. The molecule has 0 aromatic rings. The molecule has 1 unspecified atom stereocenters. The second-order valence-corrected chi connectivity index (χ2v) is 2.03. The summed E-state index contributed by atoms with van der Waals surface area (Å²) in [5, 5.41) is 17.2. The fraction of sp³-hybridized carbons (Fsp3) is 1.00. The summed E-state index contributed by atoms with van der Waals surface area (Å²) in [7, 11) is 1.58. The maximum atomic E-state index is 8.79. The molecule has 0 rings (SSSR count). The molecule has 0 heterocycles. The quantitative estimate of drug-likeness (QED) is 0.316. The summed E-state index contributed by atoms with van der Waals surface area (Å²) < 4.78 is 4.70. The average molecular weight is 165 g/mol. The van der Waals surface area contributed by atoms with Gasteiger partial charge in [0, 0.05) is 13.7 Å². The third-order valence-corrected chi connectivity index (χ3v) is 1.02. The van der Waals surface area contributed by atoms with Crippen LogP contribution in [0.5, 0.6) is 0 Å². The molecule has 3 N–H and O–H groups in total. The smallest absolute Gasteiger partial charge is 0.0918 e. The Balaban J connectivity index is 2.89. The largest absolute Gasteiger partial charge is 0.394 e. The fourth-order valence-electron chi connectivity index (χ4n) is 0.417. The number of ether oxygens (including phenoxy) is 1. The minimum absolute atomic E-state index is 0.222. The SMILES string of the molecule is COCCONCC(O)CO. The van der Waals surface area contributed by atoms with Gasteiger partial charge in [-0.25, -0.2) is 0 Å². The third kappa shape index (κ3) is 7.70. The topological polar surface area (TPSA) is 71.0 Å². The van der Waals surface area contributed by atoms with Gasteiger partial charge in [0.05, 0.1) is 25.9 Å². The maximum Gasteiger partial charge on any atom is 0.0918 e. The number of aliphatic hydroxyl groups is 2. The van der Waals surface area contributed by atoms with Crippen molar-refractivity contribution in [2.45, 2.75) is 6.10 Å². The molecule has 0 saturated carbocycles. The van der Waals surface area contributed by atoms with E-state index in [4.69, 9.17) is 19.8 Å². The summed E-state index contributed by atoms with van der Waals surface area (Å²) in [4.78, 5) is 4.80. The number of nitrogens with one attached hydrogen (secondary N) is 1. The first-order valence-corrected chi connectivity index (χ1v) is 3.43. The van der Waals surface area contributed by atoms with Gasteiger partial charge in [0.2, 0.25) is 0 Å². The van der Waals surface area contributed by atoms with Crippen molar-refractivity contribution in [1.29, 1.82) is 0 Å². The first-order valence-electron chi connectivity index (χ1n) is 3.43. The lowest BCUT2D eigenvalue weighted by Crippen LogP contribution is -2.30. The van der Waals surface area contributed by atoms with Crippen LogP contribution in [-0.4, -0.2) is 49.8 Å². The summed E-state index contributed by atoms with van der Waals surface area (Å²) >= 11 is 0. The maximum absolute atomic E-state index is 8.79. The van der Waals surface area contributed by atoms with Crippen LogP contribution in [0, 0.1) is 0 Å². The molecule has 0 spiro atoms. The highest BCUT2D eigenvalue weighted by Crippen LogP contribution is 1.77. The Hall–Kier alpha value is -0.200. The van der Waals surface area contributed by atoms with Crippen molar-refractivity contribution in [3.63, 3.8) is 0 Å². The van der Waals surface area contributed by atoms with Crippen LogP contribution in [0.4, 0.5) is 0 Å². The van der Waals surface area contributed by atoms with E-state index in [0.29, 0.717) is 13.2 Å². The van der Waals surface area contributed by atoms with Crippen molar-refractivity contribution in [1.82, 2.24) is 5.48 Å². The lowest BCUT2D eigenvalue weighted by molar-refractivity contribution is -0.0192. The number of hydroxylamine groups is 1. The van der Waals surface area contributed by atoms with E-state index in [2.05, 4.69) is 5.48 Å². The Bertz CT molecular complexity index is 81.0. The molecule has 0 aromatic carbocycles. The molecule has 1 atom stereocenters. The number of rotatable bonds is 7. The zero-order valence-electron chi connectivity index (χ0n) is 6.62. The van der Waals surface area contributed by atoms with Crippen LogP contribution in [0.3, 0.4) is 0 Å². The molecule has 0 aliphatic rings. The summed E-state index contributed by atoms with van der Waals surface area (Å²) in [5.74, 6) is 0. The second-order valence-electron chi connectivity index (χ2n) is 2.03. The predicted molar refractivity (Wildman–Crippen MR) is 38.9 cm³/mol. The first-order chi connectivity index (χ1) is 5.31. The molecular formula is C6H15NO4. The molecular weight excluding hydrogens is 150 g/mol. The van der Waals surface area contributed by atoms with Crippen LogP contribution >= 0.6 is 0 Å². The van der Waals surface area contributed by atoms with Gasteiger partial charge in [0.25, 0.3) is 0 Å². The van der Waals surface area contributed by atoms with Crippen LogP contribution in [0.1, 0.15) is 0 Å². The van der Waals surface area contributed by atoms with Gasteiger partial charge in [0.15, 0.2) is 0 Å². The van der Waals surface area contributed by atoms with E-state index in [1.807, 2.05) is 0 Å². The number of hydrogen-bond acceptors (Lipinski definition) is 5. The Labute approximate surface area is 65.9 Å². The Morgan fingerprint density at radius 2 is 2.18 bits per heavy atom. The molecule has 0 aromatic heterocycles. The van der Waals surface area contributed by atoms with Crippen LogP contribution < -0.4 is 5.48 Å². The molecule has 0 fully saturated rings. The molecule has 11 heavy (non-hydrogen) atoms. The normalized spacial score (nSPS) is 13.4. The Morgan fingerprint density at radius 1 is 1.45 bits per heavy atom. The van der Waals surface area contributed by atoms with Gasteiger partial charge in [-0.15, -0.1) is 0 Å². The highest BCUT2D eigenvalue weighted by Gasteiger charge is 1.99. The van der Waals surface area contributed by atoms with Crippen molar-refractivity contribution < 1.29 is 19.8 Å². The van der Waals surface area contributed by atoms with Crippen molar-refractivity contribution in [2.24, 2.45) is 0 Å². The Morgan fingerprint density at radius 3 is 2.73 bits per heavy atom. The van der Waals surface area contributed by atoms with Crippen molar-refractivity contribution in [3.05, 3.63) is 0 Å². The summed E-state index contributed by atoms with van der Waals surface area (Å²) in [6.45, 7) is 0.887. The molecule has 0 bridgehead atoms. The van der Waals surface area contributed by atoms with E-state index in [-0.39, 0.29) is 13.2 Å². The monoisotopic (exact) mass is 165 g/mol. The predicted octanol–water partition coefficient (Wildman–Crippen LogP) is -1.49. The second kappa shape index (κ2) is 7.90. The van der Waals surface area contributed by atoms with E-state index in [1.165, 1.54) is 0 Å². The van der Waals surface area contributed by atoms with Crippen molar-refractivity contribution in [3.8, 4) is 0 Å². The highest BCUT2D eigenvalue weighted by atomic mass is 16.7. The summed E-state index contributed by atoms with van der Waals surface area (Å²) in [6, 6.07) is 0. The van der Waals surface area contributed by atoms with Gasteiger partial charge >= 0.3 is 0 Å². The van der Waals surface area contributed by atoms with Crippen molar-refractivity contribution in [2.75, 3.05) is 33.5 Å². The zero-order chi connectivity index (χ0) is 8.53. The molecule has 0 radical (unpaired) electrons. The highest BCUT2D eigenvalue weighted by molar-refractivity contribution is 4.50. The number of methoxy groups -OCH3 is 1. The van der Waals surface area contributed by atoms with E-state index >= 15 is 0 Å². The molecule has 0 saturated heterocycles. The summed E-state index contributed by atoms with van der Waals surface area (Å²) in [6.07, 6.45) is -0.766. The van der Waals surface area contributed by atoms with Crippen LogP contribution in [-0.2, 0) is 9.57 Å². The third-order valence-electron chi connectivity index (χ3n) is 1.02. The molecule has 0 aliphatic heterocycles. The average Bonchev–Trinajstić information content (AvgIpc) is 2.04. The molecule has 0 aliphatic carbocycles. The molecule has 68 valence electrons. The van der Waals surface area contributed by atoms with E-state index < -0.39 is 6.10 Å². The number of hydrogen-bond donors (Lipinski definition) is 3. The van der Waals surface area contributed by atoms with E-state index in [9.17, 15) is 0 Å². The minimum atomic E-state index is -0.766. The van der Waals surface area contributed by atoms with Crippen LogP contribution in [0.25, 0.3) is 0 Å². The first kappa shape index (κ1) is 10.8. The lowest BCUT2D eigenvalue weighted by Gasteiger charge is -2.08. The van der Waals surface area contributed by atoms with Crippen LogP contribution in [0.2, 0.25) is 0 Å². The minimum Gasteiger partial charge on any atom is -0.394 e. The van der Waals surface area contributed by atoms with Crippen LogP contribution in [0.15, 0.2) is 0 Å². The summed E-state index contributed by atoms with van der Waals surface area (Å²) in [5.41, 5.74) is 2.48. The zero-order valence-corrected chi connectivity index (χ0v) is 6.62.